The zero-order valence-corrected chi connectivity index (χ0v) is 20.0. The van der Waals surface area contributed by atoms with Crippen molar-refractivity contribution in [3.63, 3.8) is 0 Å². The molecule has 2 heterocycles. The summed E-state index contributed by atoms with van der Waals surface area (Å²) in [5.74, 6) is 0.645. The van der Waals surface area contributed by atoms with Gasteiger partial charge in [-0.15, -0.1) is 0 Å². The Bertz CT molecular complexity index is 1020. The molecule has 3 rings (SSSR count). The number of benzene rings is 1. The first-order valence-electron chi connectivity index (χ1n) is 9.04. The maximum Gasteiger partial charge on any atom is 0.172 e. The summed E-state index contributed by atoms with van der Waals surface area (Å²) in [5.41, 5.74) is 3.13. The first-order chi connectivity index (χ1) is 13.8. The molecule has 0 aliphatic heterocycles. The Morgan fingerprint density at radius 3 is 2.69 bits per heavy atom. The van der Waals surface area contributed by atoms with E-state index in [1.165, 1.54) is 5.69 Å². The Kier molecular flexibility index (Phi) is 7.56. The molecule has 0 aliphatic rings. The fourth-order valence-electron chi connectivity index (χ4n) is 2.87. The lowest BCUT2D eigenvalue weighted by Gasteiger charge is -2.10. The molecule has 0 saturated heterocycles. The number of anilines is 1. The van der Waals surface area contributed by atoms with Crippen LogP contribution < -0.4 is 10.6 Å². The molecule has 0 radical (unpaired) electrons. The van der Waals surface area contributed by atoms with Crippen molar-refractivity contribution < 1.29 is 0 Å². The number of rotatable bonds is 7. The third-order valence-corrected chi connectivity index (χ3v) is 5.65. The first kappa shape index (κ1) is 22.1. The van der Waals surface area contributed by atoms with Crippen molar-refractivity contribution in [2.45, 2.75) is 33.4 Å². The molecular formula is C19H21BrCl2N6S. The largest absolute Gasteiger partial charge is 0.362 e. The fraction of sp³-hybridized carbons (Fsp3) is 0.316. The van der Waals surface area contributed by atoms with Gasteiger partial charge in [0.25, 0.3) is 0 Å². The fourth-order valence-corrected chi connectivity index (χ4v) is 3.95. The molecule has 0 fully saturated rings. The minimum atomic E-state index is 0.522. The topological polar surface area (TPSA) is 59.7 Å². The summed E-state index contributed by atoms with van der Waals surface area (Å²) < 4.78 is 4.61. The van der Waals surface area contributed by atoms with Crippen LogP contribution in [0.5, 0.6) is 0 Å². The van der Waals surface area contributed by atoms with Crippen LogP contribution in [-0.2, 0) is 13.1 Å². The van der Waals surface area contributed by atoms with Crippen LogP contribution in [0, 0.1) is 13.8 Å². The normalized spacial score (nSPS) is 10.9. The number of halogens is 3. The quantitative estimate of drug-likeness (QED) is 0.335. The SMILES string of the molecule is Cc1cc(C)n(CCCNC(=S)Nc2nn(Cc3ccc(Cl)cc3Cl)cc2Br)n1. The maximum atomic E-state index is 6.25. The van der Waals surface area contributed by atoms with Crippen molar-refractivity contribution in [1.82, 2.24) is 24.9 Å². The van der Waals surface area contributed by atoms with E-state index in [2.05, 4.69) is 49.8 Å². The van der Waals surface area contributed by atoms with Crippen LogP contribution in [-0.4, -0.2) is 31.2 Å². The third kappa shape index (κ3) is 6.18. The highest BCUT2D eigenvalue weighted by Crippen LogP contribution is 2.24. The smallest absolute Gasteiger partial charge is 0.172 e. The van der Waals surface area contributed by atoms with Gasteiger partial charge < -0.3 is 10.6 Å². The molecule has 10 heteroatoms. The van der Waals surface area contributed by atoms with E-state index in [0.717, 1.165) is 35.2 Å². The predicted molar refractivity (Wildman–Crippen MR) is 126 cm³/mol. The lowest BCUT2D eigenvalue weighted by molar-refractivity contribution is 0.558. The van der Waals surface area contributed by atoms with E-state index in [4.69, 9.17) is 35.4 Å². The summed E-state index contributed by atoms with van der Waals surface area (Å²) in [4.78, 5) is 0. The second kappa shape index (κ2) is 9.93. The van der Waals surface area contributed by atoms with E-state index in [1.54, 1.807) is 10.7 Å². The zero-order valence-electron chi connectivity index (χ0n) is 16.0. The van der Waals surface area contributed by atoms with Crippen molar-refractivity contribution >= 4 is 62.3 Å². The van der Waals surface area contributed by atoms with Crippen LogP contribution in [0.25, 0.3) is 0 Å². The van der Waals surface area contributed by atoms with Gasteiger partial charge in [-0.3, -0.25) is 9.36 Å². The van der Waals surface area contributed by atoms with Gasteiger partial charge in [0, 0.05) is 35.0 Å². The summed E-state index contributed by atoms with van der Waals surface area (Å²) >= 11 is 21.1. The Morgan fingerprint density at radius 2 is 2.00 bits per heavy atom. The highest BCUT2D eigenvalue weighted by atomic mass is 79.9. The van der Waals surface area contributed by atoms with Gasteiger partial charge in [-0.25, -0.2) is 0 Å². The molecule has 0 aliphatic carbocycles. The van der Waals surface area contributed by atoms with Gasteiger partial charge in [0.1, 0.15) is 0 Å². The molecule has 3 aromatic rings. The van der Waals surface area contributed by atoms with Crippen molar-refractivity contribution in [2.75, 3.05) is 11.9 Å². The molecule has 6 nitrogen and oxygen atoms in total. The number of aromatic nitrogens is 4. The number of nitrogens with one attached hydrogen (secondary N) is 2. The molecule has 1 aromatic carbocycles. The molecule has 2 N–H and O–H groups in total. The van der Waals surface area contributed by atoms with E-state index >= 15 is 0 Å². The Morgan fingerprint density at radius 1 is 1.21 bits per heavy atom. The molecular weight excluding hydrogens is 495 g/mol. The monoisotopic (exact) mass is 514 g/mol. The second-order valence-electron chi connectivity index (χ2n) is 6.64. The minimum Gasteiger partial charge on any atom is -0.362 e. The molecule has 154 valence electrons. The highest BCUT2D eigenvalue weighted by Gasteiger charge is 2.10. The second-order valence-corrected chi connectivity index (χ2v) is 8.75. The summed E-state index contributed by atoms with van der Waals surface area (Å²) in [6, 6.07) is 7.50. The van der Waals surface area contributed by atoms with E-state index < -0.39 is 0 Å². The van der Waals surface area contributed by atoms with Crippen LogP contribution in [0.2, 0.25) is 10.0 Å². The van der Waals surface area contributed by atoms with Crippen LogP contribution in [0.4, 0.5) is 5.82 Å². The first-order valence-corrected chi connectivity index (χ1v) is 11.0. The Labute approximate surface area is 193 Å². The molecule has 0 unspecified atom stereocenters. The van der Waals surface area contributed by atoms with E-state index in [-0.39, 0.29) is 0 Å². The molecule has 0 saturated carbocycles. The maximum absolute atomic E-state index is 6.25. The molecule has 0 amide bonds. The summed E-state index contributed by atoms with van der Waals surface area (Å²) in [6.45, 7) is 6.17. The van der Waals surface area contributed by atoms with Gasteiger partial charge in [-0.05, 0) is 72.2 Å². The molecule has 2 aromatic heterocycles. The van der Waals surface area contributed by atoms with Crippen LogP contribution in [0.3, 0.4) is 0 Å². The number of aryl methyl sites for hydroxylation is 3. The van der Waals surface area contributed by atoms with Gasteiger partial charge in [0.05, 0.1) is 16.7 Å². The number of hydrogen-bond donors (Lipinski definition) is 2. The highest BCUT2D eigenvalue weighted by molar-refractivity contribution is 9.10. The average Bonchev–Trinajstić information content (AvgIpc) is 3.15. The van der Waals surface area contributed by atoms with Gasteiger partial charge in [-0.2, -0.15) is 10.2 Å². The van der Waals surface area contributed by atoms with Gasteiger partial charge >= 0.3 is 0 Å². The molecule has 29 heavy (non-hydrogen) atoms. The Hall–Kier alpha value is -1.61. The molecule has 0 atom stereocenters. The van der Waals surface area contributed by atoms with Crippen molar-refractivity contribution in [3.8, 4) is 0 Å². The molecule has 0 spiro atoms. The minimum absolute atomic E-state index is 0.522. The summed E-state index contributed by atoms with van der Waals surface area (Å²) in [7, 11) is 0. The lowest BCUT2D eigenvalue weighted by atomic mass is 10.2. The van der Waals surface area contributed by atoms with Crippen molar-refractivity contribution in [2.24, 2.45) is 0 Å². The Balaban J connectivity index is 1.49. The van der Waals surface area contributed by atoms with Crippen LogP contribution in [0.15, 0.2) is 34.9 Å². The summed E-state index contributed by atoms with van der Waals surface area (Å²) in [5, 5.41) is 17.0. The predicted octanol–water partition coefficient (Wildman–Crippen LogP) is 5.19. The third-order valence-electron chi connectivity index (χ3n) is 4.23. The number of nitrogens with zero attached hydrogens (tertiary/aromatic N) is 4. The van der Waals surface area contributed by atoms with E-state index in [1.807, 2.05) is 29.9 Å². The molecule has 0 bridgehead atoms. The van der Waals surface area contributed by atoms with E-state index in [0.29, 0.717) is 27.5 Å². The zero-order chi connectivity index (χ0) is 21.0. The number of hydrogen-bond acceptors (Lipinski definition) is 3. The van der Waals surface area contributed by atoms with Crippen molar-refractivity contribution in [1.29, 1.82) is 0 Å². The lowest BCUT2D eigenvalue weighted by Crippen LogP contribution is -2.30. The van der Waals surface area contributed by atoms with Gasteiger partial charge in [0.15, 0.2) is 10.9 Å². The van der Waals surface area contributed by atoms with Crippen LogP contribution in [0.1, 0.15) is 23.4 Å². The van der Waals surface area contributed by atoms with Gasteiger partial charge in [-0.1, -0.05) is 29.3 Å². The number of thiocarbonyl (C=S) groups is 1. The van der Waals surface area contributed by atoms with E-state index in [9.17, 15) is 0 Å². The summed E-state index contributed by atoms with van der Waals surface area (Å²) in [6.07, 6.45) is 2.78. The van der Waals surface area contributed by atoms with Crippen molar-refractivity contribution in [3.05, 3.63) is 61.9 Å². The average molecular weight is 516 g/mol. The van der Waals surface area contributed by atoms with Crippen LogP contribution >= 0.6 is 51.3 Å². The van der Waals surface area contributed by atoms with Gasteiger partial charge in [0.2, 0.25) is 0 Å². The standard InChI is InChI=1S/C19H21BrCl2N6S/c1-12-8-13(2)28(25-12)7-3-6-23-19(29)24-18-16(20)11-27(26-18)10-14-4-5-15(21)9-17(14)22/h4-5,8-9,11H,3,6-7,10H2,1-2H3,(H2,23,24,26,29).